The molecule has 0 aliphatic heterocycles. The molecule has 2 aromatic heterocycles. The summed E-state index contributed by atoms with van der Waals surface area (Å²) in [6.07, 6.45) is 6.39. The van der Waals surface area contributed by atoms with Crippen LogP contribution >= 0.6 is 0 Å². The van der Waals surface area contributed by atoms with Crippen LogP contribution in [-0.2, 0) is 0 Å². The van der Waals surface area contributed by atoms with Gasteiger partial charge in [0.25, 0.3) is 0 Å². The molecule has 0 amide bonds. The van der Waals surface area contributed by atoms with Crippen molar-refractivity contribution in [2.75, 3.05) is 0 Å². The van der Waals surface area contributed by atoms with E-state index in [2.05, 4.69) is 9.97 Å². The van der Waals surface area contributed by atoms with Gasteiger partial charge < -0.3 is 5.11 Å². The molecule has 0 aliphatic rings. The first-order valence-electron chi connectivity index (χ1n) is 4.40. The Kier molecular flexibility index (Phi) is 2.28. The Labute approximate surface area is 81.9 Å². The van der Waals surface area contributed by atoms with E-state index in [-0.39, 0.29) is 0 Å². The highest BCUT2D eigenvalue weighted by Gasteiger charge is 2.03. The lowest BCUT2D eigenvalue weighted by Gasteiger charge is -2.06. The number of aliphatic hydroxyl groups is 1. The summed E-state index contributed by atoms with van der Waals surface area (Å²) in [6.45, 7) is 1.73. The summed E-state index contributed by atoms with van der Waals surface area (Å²) in [5, 5.41) is 9.39. The number of aromatic nitrogens is 3. The van der Waals surface area contributed by atoms with E-state index in [0.717, 1.165) is 11.4 Å². The molecule has 0 radical (unpaired) electrons. The number of hydrogen-bond donors (Lipinski definition) is 1. The van der Waals surface area contributed by atoms with Crippen LogP contribution in [0.1, 0.15) is 18.6 Å². The molecule has 2 rings (SSSR count). The first kappa shape index (κ1) is 8.90. The smallest absolute Gasteiger partial charge is 0.138 e. The SMILES string of the molecule is C[C@@H](O)c1ccnc(-n2ccnc2)c1. The minimum absolute atomic E-state index is 0.472. The van der Waals surface area contributed by atoms with Crippen LogP contribution in [0.5, 0.6) is 0 Å². The van der Waals surface area contributed by atoms with Crippen molar-refractivity contribution in [2.24, 2.45) is 0 Å². The van der Waals surface area contributed by atoms with Gasteiger partial charge in [0.15, 0.2) is 0 Å². The molecule has 0 saturated carbocycles. The van der Waals surface area contributed by atoms with Crippen LogP contribution < -0.4 is 0 Å². The van der Waals surface area contributed by atoms with Gasteiger partial charge >= 0.3 is 0 Å². The third kappa shape index (κ3) is 1.65. The molecule has 0 saturated heterocycles. The molecule has 0 bridgehead atoms. The van der Waals surface area contributed by atoms with Gasteiger partial charge in [-0.3, -0.25) is 4.57 Å². The van der Waals surface area contributed by atoms with E-state index in [0.29, 0.717) is 0 Å². The lowest BCUT2D eigenvalue weighted by atomic mass is 10.2. The molecule has 4 heteroatoms. The van der Waals surface area contributed by atoms with Crippen LogP contribution in [0.2, 0.25) is 0 Å². The van der Waals surface area contributed by atoms with Crippen LogP contribution in [0.3, 0.4) is 0 Å². The Morgan fingerprint density at radius 2 is 2.29 bits per heavy atom. The highest BCUT2D eigenvalue weighted by Crippen LogP contribution is 2.13. The van der Waals surface area contributed by atoms with E-state index in [1.54, 1.807) is 36.3 Å². The fourth-order valence-corrected chi connectivity index (χ4v) is 1.23. The summed E-state index contributed by atoms with van der Waals surface area (Å²) in [5.41, 5.74) is 0.851. The lowest BCUT2D eigenvalue weighted by Crippen LogP contribution is -1.98. The molecule has 2 aromatic rings. The van der Waals surface area contributed by atoms with E-state index in [9.17, 15) is 5.11 Å². The van der Waals surface area contributed by atoms with Gasteiger partial charge in [-0.15, -0.1) is 0 Å². The number of aliphatic hydroxyl groups excluding tert-OH is 1. The Bertz CT molecular complexity index is 409. The third-order valence-electron chi connectivity index (χ3n) is 2.02. The normalized spacial score (nSPS) is 12.7. The van der Waals surface area contributed by atoms with Gasteiger partial charge in [0, 0.05) is 18.6 Å². The number of pyridine rings is 1. The van der Waals surface area contributed by atoms with Gasteiger partial charge in [0.05, 0.1) is 6.10 Å². The Morgan fingerprint density at radius 1 is 1.43 bits per heavy atom. The van der Waals surface area contributed by atoms with Gasteiger partial charge in [-0.05, 0) is 24.6 Å². The molecule has 0 aromatic carbocycles. The first-order valence-corrected chi connectivity index (χ1v) is 4.40. The third-order valence-corrected chi connectivity index (χ3v) is 2.02. The molecule has 0 fully saturated rings. The topological polar surface area (TPSA) is 50.9 Å². The molecular formula is C10H11N3O. The minimum atomic E-state index is -0.472. The highest BCUT2D eigenvalue weighted by atomic mass is 16.3. The van der Waals surface area contributed by atoms with E-state index < -0.39 is 6.10 Å². The van der Waals surface area contributed by atoms with Crippen LogP contribution in [-0.4, -0.2) is 19.6 Å². The van der Waals surface area contributed by atoms with Crippen molar-refractivity contribution in [1.29, 1.82) is 0 Å². The van der Waals surface area contributed by atoms with Crippen molar-refractivity contribution >= 4 is 0 Å². The van der Waals surface area contributed by atoms with Crippen LogP contribution in [0.15, 0.2) is 37.1 Å². The zero-order valence-electron chi connectivity index (χ0n) is 7.83. The number of nitrogens with zero attached hydrogens (tertiary/aromatic N) is 3. The van der Waals surface area contributed by atoms with Crippen LogP contribution in [0.4, 0.5) is 0 Å². The second-order valence-electron chi connectivity index (χ2n) is 3.09. The van der Waals surface area contributed by atoms with Crippen molar-refractivity contribution < 1.29 is 5.11 Å². The maximum absolute atomic E-state index is 9.39. The zero-order chi connectivity index (χ0) is 9.97. The van der Waals surface area contributed by atoms with Gasteiger partial charge in [-0.1, -0.05) is 0 Å². The Morgan fingerprint density at radius 3 is 2.93 bits per heavy atom. The number of imidazole rings is 1. The highest BCUT2D eigenvalue weighted by molar-refractivity contribution is 5.28. The molecule has 1 atom stereocenters. The molecule has 0 unspecified atom stereocenters. The first-order chi connectivity index (χ1) is 6.77. The summed E-state index contributed by atoms with van der Waals surface area (Å²) in [4.78, 5) is 8.11. The van der Waals surface area contributed by atoms with E-state index in [1.165, 1.54) is 0 Å². The number of hydrogen-bond acceptors (Lipinski definition) is 3. The predicted molar refractivity (Wildman–Crippen MR) is 52.0 cm³/mol. The largest absolute Gasteiger partial charge is 0.389 e. The van der Waals surface area contributed by atoms with Crippen molar-refractivity contribution in [2.45, 2.75) is 13.0 Å². The minimum Gasteiger partial charge on any atom is -0.389 e. The van der Waals surface area contributed by atoms with Gasteiger partial charge in [0.1, 0.15) is 12.1 Å². The summed E-state index contributed by atoms with van der Waals surface area (Å²) in [6, 6.07) is 3.64. The van der Waals surface area contributed by atoms with Crippen molar-refractivity contribution in [3.8, 4) is 5.82 Å². The van der Waals surface area contributed by atoms with Gasteiger partial charge in [0.2, 0.25) is 0 Å². The van der Waals surface area contributed by atoms with Crippen molar-refractivity contribution in [1.82, 2.24) is 14.5 Å². The van der Waals surface area contributed by atoms with E-state index in [1.807, 2.05) is 12.3 Å². The van der Waals surface area contributed by atoms with Gasteiger partial charge in [-0.2, -0.15) is 0 Å². The van der Waals surface area contributed by atoms with Crippen LogP contribution in [0, 0.1) is 0 Å². The van der Waals surface area contributed by atoms with E-state index >= 15 is 0 Å². The predicted octanol–water partition coefficient (Wildman–Crippen LogP) is 1.32. The molecule has 14 heavy (non-hydrogen) atoms. The lowest BCUT2D eigenvalue weighted by molar-refractivity contribution is 0.199. The fraction of sp³-hybridized carbons (Fsp3) is 0.200. The second-order valence-corrected chi connectivity index (χ2v) is 3.09. The molecule has 1 N–H and O–H groups in total. The molecule has 72 valence electrons. The molecular weight excluding hydrogens is 178 g/mol. The average Bonchev–Trinajstić information content (AvgIpc) is 2.71. The fourth-order valence-electron chi connectivity index (χ4n) is 1.23. The van der Waals surface area contributed by atoms with E-state index in [4.69, 9.17) is 0 Å². The maximum Gasteiger partial charge on any atom is 0.138 e. The average molecular weight is 189 g/mol. The van der Waals surface area contributed by atoms with Crippen molar-refractivity contribution in [3.05, 3.63) is 42.6 Å². The molecule has 2 heterocycles. The summed E-state index contributed by atoms with van der Waals surface area (Å²) in [5.74, 6) is 0.765. The molecule has 4 nitrogen and oxygen atoms in total. The summed E-state index contributed by atoms with van der Waals surface area (Å²) in [7, 11) is 0. The van der Waals surface area contributed by atoms with Crippen LogP contribution in [0.25, 0.3) is 5.82 Å². The molecule has 0 spiro atoms. The quantitative estimate of drug-likeness (QED) is 0.775. The monoisotopic (exact) mass is 189 g/mol. The van der Waals surface area contributed by atoms with Crippen molar-refractivity contribution in [3.63, 3.8) is 0 Å². The number of rotatable bonds is 2. The summed E-state index contributed by atoms with van der Waals surface area (Å²) < 4.78 is 1.80. The Balaban J connectivity index is 2.41. The standard InChI is InChI=1S/C10H11N3O/c1-8(14)9-2-3-12-10(6-9)13-5-4-11-7-13/h2-8,14H,1H3/t8-/m1/s1. The Hall–Kier alpha value is -1.68. The molecule has 0 aliphatic carbocycles. The second kappa shape index (κ2) is 3.59. The summed E-state index contributed by atoms with van der Waals surface area (Å²) >= 11 is 0. The van der Waals surface area contributed by atoms with Gasteiger partial charge in [-0.25, -0.2) is 9.97 Å². The zero-order valence-corrected chi connectivity index (χ0v) is 7.83. The maximum atomic E-state index is 9.39.